The maximum Gasteiger partial charge on any atom is 0.246 e. The Hall–Kier alpha value is -0.830. The van der Waals surface area contributed by atoms with Crippen molar-refractivity contribution in [2.75, 3.05) is 26.2 Å². The quantitative estimate of drug-likeness (QED) is 0.483. The molecule has 0 aliphatic carbocycles. The van der Waals surface area contributed by atoms with Crippen molar-refractivity contribution in [3.63, 3.8) is 0 Å². The molecule has 0 atom stereocenters. The summed E-state index contributed by atoms with van der Waals surface area (Å²) in [6, 6.07) is 0. The normalized spacial score (nSPS) is 10.5. The summed E-state index contributed by atoms with van der Waals surface area (Å²) in [6.45, 7) is 13.9. The lowest BCUT2D eigenvalue weighted by atomic mass is 10.3. The van der Waals surface area contributed by atoms with Crippen LogP contribution in [0.5, 0.6) is 0 Å². The molecule has 0 aliphatic heterocycles. The third-order valence-corrected chi connectivity index (χ3v) is 2.40. The number of carbonyl (C=O) groups is 1. The van der Waals surface area contributed by atoms with Crippen molar-refractivity contribution < 1.29 is 4.79 Å². The zero-order chi connectivity index (χ0) is 12.4. The van der Waals surface area contributed by atoms with Crippen LogP contribution in [0.3, 0.4) is 0 Å². The summed E-state index contributed by atoms with van der Waals surface area (Å²) in [4.78, 5) is 13.7. The van der Waals surface area contributed by atoms with Crippen LogP contribution in [0.4, 0.5) is 0 Å². The van der Waals surface area contributed by atoms with Gasteiger partial charge in [-0.05, 0) is 45.8 Å². The zero-order valence-corrected chi connectivity index (χ0v) is 11.0. The van der Waals surface area contributed by atoms with Crippen LogP contribution in [0, 0.1) is 0 Å². The minimum atomic E-state index is -0.0301. The monoisotopic (exact) mass is 226 g/mol. The van der Waals surface area contributed by atoms with Gasteiger partial charge in [0.25, 0.3) is 0 Å². The first-order valence-corrected chi connectivity index (χ1v) is 6.27. The van der Waals surface area contributed by atoms with E-state index in [4.69, 9.17) is 0 Å². The number of nitrogens with one attached hydrogen (secondary N) is 1. The second-order valence-electron chi connectivity index (χ2n) is 4.23. The Balaban J connectivity index is 3.61. The molecule has 0 spiro atoms. The summed E-state index contributed by atoms with van der Waals surface area (Å²) >= 11 is 0. The van der Waals surface area contributed by atoms with Crippen LogP contribution in [-0.4, -0.2) is 37.0 Å². The van der Waals surface area contributed by atoms with Gasteiger partial charge in [-0.3, -0.25) is 4.79 Å². The molecule has 0 aromatic carbocycles. The van der Waals surface area contributed by atoms with Gasteiger partial charge >= 0.3 is 0 Å². The predicted molar refractivity (Wildman–Crippen MR) is 69.5 cm³/mol. The number of amides is 1. The molecule has 0 saturated carbocycles. The van der Waals surface area contributed by atoms with Crippen molar-refractivity contribution in [1.82, 2.24) is 10.2 Å². The third kappa shape index (κ3) is 7.46. The first kappa shape index (κ1) is 15.2. The number of hydrogen-bond acceptors (Lipinski definition) is 2. The number of rotatable bonds is 9. The average molecular weight is 226 g/mol. The molecule has 1 N–H and O–H groups in total. The molecule has 1 amide bonds. The molecule has 16 heavy (non-hydrogen) atoms. The zero-order valence-electron chi connectivity index (χ0n) is 11.0. The van der Waals surface area contributed by atoms with E-state index in [0.29, 0.717) is 5.57 Å². The van der Waals surface area contributed by atoms with E-state index in [9.17, 15) is 4.79 Å². The van der Waals surface area contributed by atoms with Gasteiger partial charge < -0.3 is 10.2 Å². The summed E-state index contributed by atoms with van der Waals surface area (Å²) in [5, 5.41) is 2.86. The molecule has 0 rings (SSSR count). The second kappa shape index (κ2) is 9.40. The fraction of sp³-hybridized carbons (Fsp3) is 0.769. The number of carbonyl (C=O) groups excluding carboxylic acids is 1. The number of hydrogen-bond donors (Lipinski definition) is 1. The molecule has 3 heteroatoms. The van der Waals surface area contributed by atoms with Crippen LogP contribution in [-0.2, 0) is 4.79 Å². The molecule has 94 valence electrons. The van der Waals surface area contributed by atoms with Crippen LogP contribution in [0.2, 0.25) is 0 Å². The van der Waals surface area contributed by atoms with Gasteiger partial charge in [0, 0.05) is 12.1 Å². The summed E-state index contributed by atoms with van der Waals surface area (Å²) < 4.78 is 0. The van der Waals surface area contributed by atoms with Crippen LogP contribution in [0.15, 0.2) is 12.2 Å². The van der Waals surface area contributed by atoms with Crippen LogP contribution in [0.1, 0.15) is 40.0 Å². The Kier molecular flexibility index (Phi) is 8.91. The number of nitrogens with zero attached hydrogens (tertiary/aromatic N) is 1. The van der Waals surface area contributed by atoms with Crippen LogP contribution in [0.25, 0.3) is 0 Å². The molecule has 0 aromatic heterocycles. The highest BCUT2D eigenvalue weighted by Gasteiger charge is 2.03. The Morgan fingerprint density at radius 2 is 1.75 bits per heavy atom. The lowest BCUT2D eigenvalue weighted by molar-refractivity contribution is -0.117. The lowest BCUT2D eigenvalue weighted by Crippen LogP contribution is -2.31. The minimum absolute atomic E-state index is 0.0301. The first-order chi connectivity index (χ1) is 7.61. The fourth-order valence-electron chi connectivity index (χ4n) is 1.62. The summed E-state index contributed by atoms with van der Waals surface area (Å²) in [6.07, 6.45) is 3.40. The van der Waals surface area contributed by atoms with E-state index in [-0.39, 0.29) is 5.91 Å². The van der Waals surface area contributed by atoms with E-state index in [2.05, 4.69) is 30.6 Å². The van der Waals surface area contributed by atoms with Gasteiger partial charge in [-0.25, -0.2) is 0 Å². The van der Waals surface area contributed by atoms with Gasteiger partial charge in [-0.15, -0.1) is 0 Å². The van der Waals surface area contributed by atoms with Crippen molar-refractivity contribution in [3.05, 3.63) is 12.2 Å². The van der Waals surface area contributed by atoms with Gasteiger partial charge in [0.2, 0.25) is 5.91 Å². The summed E-state index contributed by atoms with van der Waals surface area (Å²) in [5.41, 5.74) is 0.582. The molecule has 0 radical (unpaired) electrons. The smallest absolute Gasteiger partial charge is 0.246 e. The van der Waals surface area contributed by atoms with Crippen molar-refractivity contribution in [2.45, 2.75) is 40.0 Å². The molecule has 0 bridgehead atoms. The van der Waals surface area contributed by atoms with E-state index >= 15 is 0 Å². The molecule has 3 nitrogen and oxygen atoms in total. The third-order valence-electron chi connectivity index (χ3n) is 2.40. The van der Waals surface area contributed by atoms with Gasteiger partial charge in [-0.2, -0.15) is 0 Å². The van der Waals surface area contributed by atoms with E-state index in [1.165, 1.54) is 12.8 Å². The summed E-state index contributed by atoms with van der Waals surface area (Å²) in [7, 11) is 0. The van der Waals surface area contributed by atoms with Gasteiger partial charge in [-0.1, -0.05) is 20.4 Å². The molecular weight excluding hydrogens is 200 g/mol. The predicted octanol–water partition coefficient (Wildman–Crippen LogP) is 2.19. The SMILES string of the molecule is C=C(C)C(=O)NCCCN(CCC)CCC. The molecule has 0 saturated heterocycles. The standard InChI is InChI=1S/C13H26N2O/c1-5-9-15(10-6-2)11-7-8-14-13(16)12(3)4/h3,5-11H2,1-2,4H3,(H,14,16). The average Bonchev–Trinajstić information content (AvgIpc) is 2.24. The van der Waals surface area contributed by atoms with Crippen molar-refractivity contribution >= 4 is 5.91 Å². The Morgan fingerprint density at radius 3 is 2.19 bits per heavy atom. The highest BCUT2D eigenvalue weighted by atomic mass is 16.1. The Labute approximate surface area is 99.9 Å². The minimum Gasteiger partial charge on any atom is -0.352 e. The van der Waals surface area contributed by atoms with Crippen LogP contribution < -0.4 is 5.32 Å². The summed E-state index contributed by atoms with van der Waals surface area (Å²) in [5.74, 6) is -0.0301. The van der Waals surface area contributed by atoms with E-state index in [1.807, 2.05) is 0 Å². The van der Waals surface area contributed by atoms with Crippen LogP contribution >= 0.6 is 0 Å². The second-order valence-corrected chi connectivity index (χ2v) is 4.23. The topological polar surface area (TPSA) is 32.3 Å². The molecule has 0 unspecified atom stereocenters. The highest BCUT2D eigenvalue weighted by Crippen LogP contribution is 1.96. The van der Waals surface area contributed by atoms with Crippen molar-refractivity contribution in [1.29, 1.82) is 0 Å². The molecular formula is C13H26N2O. The van der Waals surface area contributed by atoms with Crippen molar-refractivity contribution in [2.24, 2.45) is 0 Å². The van der Waals surface area contributed by atoms with Gasteiger partial charge in [0.15, 0.2) is 0 Å². The largest absolute Gasteiger partial charge is 0.352 e. The maximum absolute atomic E-state index is 11.2. The van der Waals surface area contributed by atoms with E-state index in [0.717, 1.165) is 32.6 Å². The fourth-order valence-corrected chi connectivity index (χ4v) is 1.62. The Morgan fingerprint density at radius 1 is 1.19 bits per heavy atom. The molecule has 0 heterocycles. The Bertz CT molecular complexity index is 208. The molecule has 0 aliphatic rings. The first-order valence-electron chi connectivity index (χ1n) is 6.27. The van der Waals surface area contributed by atoms with E-state index in [1.54, 1.807) is 6.92 Å². The lowest BCUT2D eigenvalue weighted by Gasteiger charge is -2.20. The molecule has 0 aromatic rings. The van der Waals surface area contributed by atoms with Gasteiger partial charge in [0.05, 0.1) is 0 Å². The molecule has 0 fully saturated rings. The van der Waals surface area contributed by atoms with E-state index < -0.39 is 0 Å². The van der Waals surface area contributed by atoms with Gasteiger partial charge in [0.1, 0.15) is 0 Å². The maximum atomic E-state index is 11.2. The highest BCUT2D eigenvalue weighted by molar-refractivity contribution is 5.91. The van der Waals surface area contributed by atoms with Crippen molar-refractivity contribution in [3.8, 4) is 0 Å².